The van der Waals surface area contributed by atoms with Crippen molar-refractivity contribution < 1.29 is 9.59 Å². The Kier molecular flexibility index (Phi) is 5.26. The standard InChI is InChI=1S/C14H16Cl2N2O2/c15-9-13(19)17-10-5-7-18(8-6-10)14(20)11-3-1-2-4-12(11)16/h1-4,10H,5-9H2,(H,17,19). The Morgan fingerprint density at radius 1 is 1.25 bits per heavy atom. The van der Waals surface area contributed by atoms with E-state index in [1.807, 2.05) is 0 Å². The summed E-state index contributed by atoms with van der Waals surface area (Å²) in [6.45, 7) is 1.22. The van der Waals surface area contributed by atoms with Crippen molar-refractivity contribution in [2.75, 3.05) is 19.0 Å². The lowest BCUT2D eigenvalue weighted by Crippen LogP contribution is -2.46. The van der Waals surface area contributed by atoms with Gasteiger partial charge in [0.1, 0.15) is 5.88 Å². The van der Waals surface area contributed by atoms with Crippen molar-refractivity contribution in [3.8, 4) is 0 Å². The molecule has 0 aromatic heterocycles. The maximum absolute atomic E-state index is 12.3. The van der Waals surface area contributed by atoms with Crippen LogP contribution in [-0.4, -0.2) is 41.7 Å². The summed E-state index contributed by atoms with van der Waals surface area (Å²) in [5.41, 5.74) is 0.525. The van der Waals surface area contributed by atoms with Gasteiger partial charge < -0.3 is 10.2 Å². The summed E-state index contributed by atoms with van der Waals surface area (Å²) in [6, 6.07) is 7.13. The SMILES string of the molecule is O=C(CCl)NC1CCN(C(=O)c2ccccc2Cl)CC1. The first-order valence-electron chi connectivity index (χ1n) is 6.51. The van der Waals surface area contributed by atoms with Gasteiger partial charge in [-0.2, -0.15) is 0 Å². The van der Waals surface area contributed by atoms with Crippen LogP contribution in [0.15, 0.2) is 24.3 Å². The number of carbonyl (C=O) groups excluding carboxylic acids is 2. The van der Waals surface area contributed by atoms with Crippen molar-refractivity contribution in [2.24, 2.45) is 0 Å². The lowest BCUT2D eigenvalue weighted by molar-refractivity contribution is -0.119. The lowest BCUT2D eigenvalue weighted by atomic mass is 10.0. The number of nitrogens with one attached hydrogen (secondary N) is 1. The third-order valence-corrected chi connectivity index (χ3v) is 3.95. The Morgan fingerprint density at radius 3 is 2.50 bits per heavy atom. The zero-order chi connectivity index (χ0) is 14.5. The van der Waals surface area contributed by atoms with Gasteiger partial charge in [0.2, 0.25) is 5.91 Å². The Balaban J connectivity index is 1.92. The molecular weight excluding hydrogens is 299 g/mol. The fourth-order valence-corrected chi connectivity index (χ4v) is 2.59. The van der Waals surface area contributed by atoms with Crippen LogP contribution in [0.1, 0.15) is 23.2 Å². The number of nitrogens with zero attached hydrogens (tertiary/aromatic N) is 1. The second-order valence-corrected chi connectivity index (χ2v) is 5.42. The molecule has 1 aromatic carbocycles. The molecule has 0 unspecified atom stereocenters. The maximum Gasteiger partial charge on any atom is 0.255 e. The molecule has 0 atom stereocenters. The summed E-state index contributed by atoms with van der Waals surface area (Å²) in [5.74, 6) is -0.251. The molecule has 0 bridgehead atoms. The van der Waals surface area contributed by atoms with Gasteiger partial charge in [-0.3, -0.25) is 9.59 Å². The predicted molar refractivity (Wildman–Crippen MR) is 79.2 cm³/mol. The van der Waals surface area contributed by atoms with E-state index in [-0.39, 0.29) is 23.7 Å². The molecule has 6 heteroatoms. The third kappa shape index (κ3) is 3.64. The number of hydrogen-bond acceptors (Lipinski definition) is 2. The summed E-state index contributed by atoms with van der Waals surface area (Å²) in [4.78, 5) is 25.3. The van der Waals surface area contributed by atoms with Crippen LogP contribution >= 0.6 is 23.2 Å². The number of amides is 2. The first kappa shape index (κ1) is 15.1. The van der Waals surface area contributed by atoms with Gasteiger partial charge in [0, 0.05) is 19.1 Å². The minimum absolute atomic E-state index is 0.0290. The number of alkyl halides is 1. The fraction of sp³-hybridized carbons (Fsp3) is 0.429. The summed E-state index contributed by atoms with van der Waals surface area (Å²) in [5, 5.41) is 3.31. The fourth-order valence-electron chi connectivity index (χ4n) is 2.30. The molecule has 0 radical (unpaired) electrons. The second-order valence-electron chi connectivity index (χ2n) is 4.75. The van der Waals surface area contributed by atoms with E-state index in [9.17, 15) is 9.59 Å². The van der Waals surface area contributed by atoms with Gasteiger partial charge in [-0.05, 0) is 25.0 Å². The molecule has 1 fully saturated rings. The molecule has 0 aliphatic carbocycles. The summed E-state index contributed by atoms with van der Waals surface area (Å²) >= 11 is 11.5. The van der Waals surface area contributed by atoms with Crippen molar-refractivity contribution in [1.82, 2.24) is 10.2 Å². The zero-order valence-corrected chi connectivity index (χ0v) is 12.5. The van der Waals surface area contributed by atoms with Crippen LogP contribution in [0.5, 0.6) is 0 Å². The first-order chi connectivity index (χ1) is 9.61. The molecule has 20 heavy (non-hydrogen) atoms. The largest absolute Gasteiger partial charge is 0.352 e. The normalized spacial score (nSPS) is 16.0. The summed E-state index contributed by atoms with van der Waals surface area (Å²) in [7, 11) is 0. The zero-order valence-electron chi connectivity index (χ0n) is 10.9. The highest BCUT2D eigenvalue weighted by atomic mass is 35.5. The van der Waals surface area contributed by atoms with Crippen LogP contribution in [0.3, 0.4) is 0 Å². The van der Waals surface area contributed by atoms with E-state index in [4.69, 9.17) is 23.2 Å². The summed E-state index contributed by atoms with van der Waals surface area (Å²) < 4.78 is 0. The van der Waals surface area contributed by atoms with E-state index < -0.39 is 0 Å². The highest BCUT2D eigenvalue weighted by Crippen LogP contribution is 2.19. The molecule has 4 nitrogen and oxygen atoms in total. The van der Waals surface area contributed by atoms with Gasteiger partial charge in [-0.15, -0.1) is 11.6 Å². The Labute approximate surface area is 128 Å². The van der Waals surface area contributed by atoms with E-state index in [1.54, 1.807) is 29.2 Å². The molecule has 1 N–H and O–H groups in total. The van der Waals surface area contributed by atoms with Gasteiger partial charge in [0.25, 0.3) is 5.91 Å². The minimum atomic E-state index is -0.164. The van der Waals surface area contributed by atoms with Crippen molar-refractivity contribution in [2.45, 2.75) is 18.9 Å². The van der Waals surface area contributed by atoms with E-state index in [2.05, 4.69) is 5.32 Å². The summed E-state index contributed by atoms with van der Waals surface area (Å²) in [6.07, 6.45) is 1.47. The molecule has 2 rings (SSSR count). The second kappa shape index (κ2) is 6.95. The highest BCUT2D eigenvalue weighted by Gasteiger charge is 2.25. The van der Waals surface area contributed by atoms with Gasteiger partial charge in [-0.1, -0.05) is 23.7 Å². The van der Waals surface area contributed by atoms with Crippen molar-refractivity contribution >= 4 is 35.0 Å². The predicted octanol–water partition coefficient (Wildman–Crippen LogP) is 2.30. The van der Waals surface area contributed by atoms with Crippen LogP contribution in [-0.2, 0) is 4.79 Å². The van der Waals surface area contributed by atoms with E-state index in [0.717, 1.165) is 12.8 Å². The molecular formula is C14H16Cl2N2O2. The van der Waals surface area contributed by atoms with Crippen LogP contribution in [0, 0.1) is 0 Å². The molecule has 2 amide bonds. The van der Waals surface area contributed by atoms with Crippen molar-refractivity contribution in [1.29, 1.82) is 0 Å². The lowest BCUT2D eigenvalue weighted by Gasteiger charge is -2.32. The number of halogens is 2. The van der Waals surface area contributed by atoms with Crippen LogP contribution < -0.4 is 5.32 Å². The molecule has 1 aliphatic heterocycles. The maximum atomic E-state index is 12.3. The monoisotopic (exact) mass is 314 g/mol. The third-order valence-electron chi connectivity index (χ3n) is 3.37. The van der Waals surface area contributed by atoms with E-state index >= 15 is 0 Å². The number of likely N-dealkylation sites (tertiary alicyclic amines) is 1. The Hall–Kier alpha value is -1.26. The molecule has 1 aliphatic rings. The van der Waals surface area contributed by atoms with Gasteiger partial charge in [0.15, 0.2) is 0 Å². The molecule has 1 saturated heterocycles. The van der Waals surface area contributed by atoms with Crippen LogP contribution in [0.25, 0.3) is 0 Å². The number of benzene rings is 1. The van der Waals surface area contributed by atoms with Crippen molar-refractivity contribution in [3.05, 3.63) is 34.9 Å². The van der Waals surface area contributed by atoms with Crippen LogP contribution in [0.4, 0.5) is 0 Å². The van der Waals surface area contributed by atoms with Crippen LogP contribution in [0.2, 0.25) is 5.02 Å². The van der Waals surface area contributed by atoms with Crippen molar-refractivity contribution in [3.63, 3.8) is 0 Å². The molecule has 108 valence electrons. The average molecular weight is 315 g/mol. The molecule has 0 saturated carbocycles. The Morgan fingerprint density at radius 2 is 1.90 bits per heavy atom. The molecule has 1 aromatic rings. The molecule has 0 spiro atoms. The first-order valence-corrected chi connectivity index (χ1v) is 7.42. The van der Waals surface area contributed by atoms with Gasteiger partial charge in [-0.25, -0.2) is 0 Å². The number of rotatable bonds is 3. The molecule has 1 heterocycles. The van der Waals surface area contributed by atoms with Gasteiger partial charge in [0.05, 0.1) is 10.6 Å². The van der Waals surface area contributed by atoms with Gasteiger partial charge >= 0.3 is 0 Å². The number of carbonyl (C=O) groups is 2. The van der Waals surface area contributed by atoms with E-state index in [0.29, 0.717) is 23.7 Å². The smallest absolute Gasteiger partial charge is 0.255 e. The average Bonchev–Trinajstić information content (AvgIpc) is 2.47. The number of hydrogen-bond donors (Lipinski definition) is 1. The topological polar surface area (TPSA) is 49.4 Å². The number of piperidine rings is 1. The highest BCUT2D eigenvalue weighted by molar-refractivity contribution is 6.33. The quantitative estimate of drug-likeness (QED) is 0.870. The Bertz CT molecular complexity index is 500. The van der Waals surface area contributed by atoms with E-state index in [1.165, 1.54) is 0 Å². The minimum Gasteiger partial charge on any atom is -0.352 e.